The van der Waals surface area contributed by atoms with Crippen LogP contribution in [0.3, 0.4) is 0 Å². The van der Waals surface area contributed by atoms with Crippen molar-refractivity contribution in [2.24, 2.45) is 5.92 Å². The second-order valence-electron chi connectivity index (χ2n) is 4.16. The van der Waals surface area contributed by atoms with Crippen molar-refractivity contribution in [2.75, 3.05) is 12.4 Å². The van der Waals surface area contributed by atoms with Gasteiger partial charge in [-0.1, -0.05) is 36.8 Å². The fraction of sp³-hybridized carbons (Fsp3) is 0.500. The molecule has 2 nitrogen and oxygen atoms in total. The molecule has 0 aliphatic rings. The van der Waals surface area contributed by atoms with Crippen LogP contribution in [0.2, 0.25) is 0 Å². The molecule has 17 heavy (non-hydrogen) atoms. The lowest BCUT2D eigenvalue weighted by molar-refractivity contribution is -0.146. The third-order valence-electron chi connectivity index (χ3n) is 2.41. The number of aryl methyl sites for hydroxylation is 1. The molecule has 0 spiro atoms. The van der Waals surface area contributed by atoms with E-state index in [0.717, 1.165) is 11.5 Å². The number of thioether (sulfide) groups is 1. The molecule has 0 fully saturated rings. The minimum absolute atomic E-state index is 0.0234. The molecule has 0 aromatic heterocycles. The summed E-state index contributed by atoms with van der Waals surface area (Å²) >= 11 is 1.78. The van der Waals surface area contributed by atoms with Crippen molar-refractivity contribution in [3.63, 3.8) is 0 Å². The molecule has 1 aromatic carbocycles. The Hall–Kier alpha value is -0.960. The van der Waals surface area contributed by atoms with Crippen LogP contribution in [-0.2, 0) is 15.3 Å². The summed E-state index contributed by atoms with van der Waals surface area (Å²) in [6.07, 6.45) is 0. The van der Waals surface area contributed by atoms with E-state index in [1.807, 2.05) is 13.8 Å². The third kappa shape index (κ3) is 5.26. The highest BCUT2D eigenvalue weighted by Gasteiger charge is 2.13. The molecular weight excluding hydrogens is 232 g/mol. The molecule has 0 saturated heterocycles. The van der Waals surface area contributed by atoms with Crippen molar-refractivity contribution in [3.8, 4) is 0 Å². The zero-order valence-electron chi connectivity index (χ0n) is 10.7. The summed E-state index contributed by atoms with van der Waals surface area (Å²) in [7, 11) is 0. The summed E-state index contributed by atoms with van der Waals surface area (Å²) in [5.74, 6) is 1.65. The first kappa shape index (κ1) is 14.1. The predicted octanol–water partition coefficient (Wildman–Crippen LogP) is 3.43. The molecule has 0 N–H and O–H groups in total. The summed E-state index contributed by atoms with van der Waals surface area (Å²) in [4.78, 5) is 11.4. The van der Waals surface area contributed by atoms with Gasteiger partial charge in [-0.15, -0.1) is 0 Å². The summed E-state index contributed by atoms with van der Waals surface area (Å²) in [5, 5.41) is 0. The second-order valence-corrected chi connectivity index (χ2v) is 5.19. The Balaban J connectivity index is 2.30. The van der Waals surface area contributed by atoms with Crippen molar-refractivity contribution in [1.29, 1.82) is 0 Å². The predicted molar refractivity (Wildman–Crippen MR) is 73.1 cm³/mol. The third-order valence-corrected chi connectivity index (χ3v) is 3.68. The first-order valence-corrected chi connectivity index (χ1v) is 7.09. The molecule has 0 aliphatic heterocycles. The maximum absolute atomic E-state index is 11.4. The average molecular weight is 252 g/mol. The SMILES string of the molecule is CCOC(=O)C(C)CSCc1cccc(C)c1. The fourth-order valence-electron chi connectivity index (χ4n) is 1.51. The van der Waals surface area contributed by atoms with Gasteiger partial charge in [-0.2, -0.15) is 11.8 Å². The van der Waals surface area contributed by atoms with Crippen LogP contribution in [0, 0.1) is 12.8 Å². The van der Waals surface area contributed by atoms with Crippen molar-refractivity contribution in [1.82, 2.24) is 0 Å². The Morgan fingerprint density at radius 2 is 2.24 bits per heavy atom. The largest absolute Gasteiger partial charge is 0.466 e. The van der Waals surface area contributed by atoms with Gasteiger partial charge in [-0.3, -0.25) is 4.79 Å². The van der Waals surface area contributed by atoms with Crippen molar-refractivity contribution in [3.05, 3.63) is 35.4 Å². The highest BCUT2D eigenvalue weighted by molar-refractivity contribution is 7.98. The van der Waals surface area contributed by atoms with Crippen LogP contribution in [0.4, 0.5) is 0 Å². The van der Waals surface area contributed by atoms with E-state index in [9.17, 15) is 4.79 Å². The van der Waals surface area contributed by atoms with E-state index in [1.165, 1.54) is 11.1 Å². The van der Waals surface area contributed by atoms with E-state index in [0.29, 0.717) is 6.61 Å². The Bertz CT molecular complexity index is 363. The van der Waals surface area contributed by atoms with Gasteiger partial charge in [0.2, 0.25) is 0 Å². The first-order valence-electron chi connectivity index (χ1n) is 5.93. The fourth-order valence-corrected chi connectivity index (χ4v) is 2.53. The molecule has 94 valence electrons. The summed E-state index contributed by atoms with van der Waals surface area (Å²) in [5.41, 5.74) is 2.59. The molecule has 1 atom stereocenters. The normalized spacial score (nSPS) is 12.2. The molecule has 1 unspecified atom stereocenters. The molecule has 1 aromatic rings. The molecule has 3 heteroatoms. The smallest absolute Gasteiger partial charge is 0.309 e. The van der Waals surface area contributed by atoms with Gasteiger partial charge in [0.1, 0.15) is 0 Å². The minimum atomic E-state index is -0.0933. The molecule has 1 rings (SSSR count). The van der Waals surface area contributed by atoms with Crippen LogP contribution in [0.5, 0.6) is 0 Å². The lowest BCUT2D eigenvalue weighted by Gasteiger charge is -2.10. The molecule has 0 radical (unpaired) electrons. The molecule has 0 heterocycles. The van der Waals surface area contributed by atoms with Crippen molar-refractivity contribution >= 4 is 17.7 Å². The van der Waals surface area contributed by atoms with Gasteiger partial charge in [0.05, 0.1) is 12.5 Å². The number of carbonyl (C=O) groups is 1. The maximum Gasteiger partial charge on any atom is 0.309 e. The van der Waals surface area contributed by atoms with Gasteiger partial charge in [0.25, 0.3) is 0 Å². The van der Waals surface area contributed by atoms with Gasteiger partial charge in [0, 0.05) is 11.5 Å². The maximum atomic E-state index is 11.4. The van der Waals surface area contributed by atoms with Crippen LogP contribution >= 0.6 is 11.8 Å². The van der Waals surface area contributed by atoms with Gasteiger partial charge in [0.15, 0.2) is 0 Å². The number of benzene rings is 1. The number of hydrogen-bond donors (Lipinski definition) is 0. The van der Waals surface area contributed by atoms with Crippen LogP contribution in [0.15, 0.2) is 24.3 Å². The zero-order chi connectivity index (χ0) is 12.7. The number of esters is 1. The summed E-state index contributed by atoms with van der Waals surface area (Å²) in [6, 6.07) is 8.46. The Kier molecular flexibility index (Phi) is 6.12. The highest BCUT2D eigenvalue weighted by Crippen LogP contribution is 2.17. The summed E-state index contributed by atoms with van der Waals surface area (Å²) < 4.78 is 4.97. The molecule has 0 bridgehead atoms. The van der Waals surface area contributed by atoms with Crippen LogP contribution < -0.4 is 0 Å². The van der Waals surface area contributed by atoms with Crippen molar-refractivity contribution < 1.29 is 9.53 Å². The molecular formula is C14H20O2S. The van der Waals surface area contributed by atoms with E-state index in [-0.39, 0.29) is 11.9 Å². The summed E-state index contributed by atoms with van der Waals surface area (Å²) in [6.45, 7) is 6.31. The van der Waals surface area contributed by atoms with Crippen LogP contribution in [0.25, 0.3) is 0 Å². The minimum Gasteiger partial charge on any atom is -0.466 e. The number of ether oxygens (including phenoxy) is 1. The van der Waals surface area contributed by atoms with Gasteiger partial charge < -0.3 is 4.74 Å². The van der Waals surface area contributed by atoms with E-state index in [2.05, 4.69) is 31.2 Å². The van der Waals surface area contributed by atoms with Crippen LogP contribution in [-0.4, -0.2) is 18.3 Å². The van der Waals surface area contributed by atoms with Crippen LogP contribution in [0.1, 0.15) is 25.0 Å². The van der Waals surface area contributed by atoms with Crippen molar-refractivity contribution in [2.45, 2.75) is 26.5 Å². The number of hydrogen-bond acceptors (Lipinski definition) is 3. The van der Waals surface area contributed by atoms with Gasteiger partial charge in [-0.05, 0) is 19.4 Å². The quantitative estimate of drug-likeness (QED) is 0.726. The van der Waals surface area contributed by atoms with E-state index >= 15 is 0 Å². The van der Waals surface area contributed by atoms with E-state index in [4.69, 9.17) is 4.74 Å². The topological polar surface area (TPSA) is 26.3 Å². The Labute approximate surface area is 108 Å². The Morgan fingerprint density at radius 3 is 2.88 bits per heavy atom. The average Bonchev–Trinajstić information content (AvgIpc) is 2.29. The molecule has 0 aliphatic carbocycles. The lowest BCUT2D eigenvalue weighted by Crippen LogP contribution is -2.16. The van der Waals surface area contributed by atoms with E-state index < -0.39 is 0 Å². The van der Waals surface area contributed by atoms with Gasteiger partial charge in [-0.25, -0.2) is 0 Å². The standard InChI is InChI=1S/C14H20O2S/c1-4-16-14(15)12(3)9-17-10-13-7-5-6-11(2)8-13/h5-8,12H,4,9-10H2,1-3H3. The zero-order valence-corrected chi connectivity index (χ0v) is 11.5. The molecule has 0 amide bonds. The second kappa shape index (κ2) is 7.38. The van der Waals surface area contributed by atoms with E-state index in [1.54, 1.807) is 11.8 Å². The number of rotatable bonds is 6. The lowest BCUT2D eigenvalue weighted by atomic mass is 10.2. The Morgan fingerprint density at radius 1 is 1.47 bits per heavy atom. The molecule has 0 saturated carbocycles. The van der Waals surface area contributed by atoms with Gasteiger partial charge >= 0.3 is 5.97 Å². The number of carbonyl (C=O) groups excluding carboxylic acids is 1. The first-order chi connectivity index (χ1) is 8.13. The monoisotopic (exact) mass is 252 g/mol. The highest BCUT2D eigenvalue weighted by atomic mass is 32.2.